The molecule has 1 nitrogen and oxygen atoms in total. The van der Waals surface area contributed by atoms with E-state index >= 15 is 4.39 Å². The lowest BCUT2D eigenvalue weighted by Gasteiger charge is -2.34. The summed E-state index contributed by atoms with van der Waals surface area (Å²) in [6, 6.07) is 15.1. The standard InChI is InChI=1S/C35H35F3O/c1-3-21-39-33-20-19-31(34(37)35(33)38)28-15-13-27(14-16-28)30-18-17-29(22-32(30)36)26-11-9-25(10-12-26)24-7-5-23(4-2)6-8-24/h3-4,11,13-20,22-25H,1-2,5-10,12,21H2. The van der Waals surface area contributed by atoms with Gasteiger partial charge in [-0.1, -0.05) is 61.2 Å². The van der Waals surface area contributed by atoms with Crippen molar-refractivity contribution in [2.75, 3.05) is 6.61 Å². The number of hydrogen-bond acceptors (Lipinski definition) is 1. The molecule has 0 aromatic heterocycles. The van der Waals surface area contributed by atoms with Gasteiger partial charge in [-0.05, 0) is 103 Å². The Labute approximate surface area is 229 Å². The highest BCUT2D eigenvalue weighted by Crippen LogP contribution is 2.42. The lowest BCUT2D eigenvalue weighted by Crippen LogP contribution is -2.22. The fourth-order valence-electron chi connectivity index (χ4n) is 6.19. The average Bonchev–Trinajstić information content (AvgIpc) is 2.98. The van der Waals surface area contributed by atoms with Gasteiger partial charge < -0.3 is 4.74 Å². The van der Waals surface area contributed by atoms with Crippen molar-refractivity contribution >= 4 is 5.57 Å². The maximum atomic E-state index is 15.2. The summed E-state index contributed by atoms with van der Waals surface area (Å²) < 4.78 is 49.5. The molecule has 0 N–H and O–H groups in total. The Bertz CT molecular complexity index is 1360. The minimum Gasteiger partial charge on any atom is -0.486 e. The van der Waals surface area contributed by atoms with Gasteiger partial charge in [0.05, 0.1) is 0 Å². The van der Waals surface area contributed by atoms with Gasteiger partial charge in [-0.25, -0.2) is 8.78 Å². The zero-order chi connectivity index (χ0) is 27.4. The summed E-state index contributed by atoms with van der Waals surface area (Å²) in [6.07, 6.45) is 14.2. The van der Waals surface area contributed by atoms with E-state index < -0.39 is 11.6 Å². The molecule has 0 bridgehead atoms. The predicted molar refractivity (Wildman–Crippen MR) is 154 cm³/mol. The number of halogens is 3. The molecule has 0 saturated heterocycles. The van der Waals surface area contributed by atoms with Gasteiger partial charge in [0.15, 0.2) is 11.6 Å². The smallest absolute Gasteiger partial charge is 0.201 e. The third kappa shape index (κ3) is 5.90. The molecule has 1 unspecified atom stereocenters. The largest absolute Gasteiger partial charge is 0.486 e. The van der Waals surface area contributed by atoms with Crippen LogP contribution >= 0.6 is 0 Å². The lowest BCUT2D eigenvalue weighted by atomic mass is 9.71. The van der Waals surface area contributed by atoms with Crippen molar-refractivity contribution in [2.45, 2.75) is 44.9 Å². The molecule has 39 heavy (non-hydrogen) atoms. The maximum Gasteiger partial charge on any atom is 0.201 e. The second kappa shape index (κ2) is 12.1. The van der Waals surface area contributed by atoms with Gasteiger partial charge in [-0.2, -0.15) is 4.39 Å². The van der Waals surface area contributed by atoms with E-state index in [4.69, 9.17) is 4.74 Å². The minimum absolute atomic E-state index is 0.0871. The molecule has 1 fully saturated rings. The first-order chi connectivity index (χ1) is 19.0. The van der Waals surface area contributed by atoms with Gasteiger partial charge in [0, 0.05) is 11.1 Å². The van der Waals surface area contributed by atoms with E-state index in [1.54, 1.807) is 30.3 Å². The van der Waals surface area contributed by atoms with E-state index in [1.807, 2.05) is 12.1 Å². The molecule has 0 spiro atoms. The maximum absolute atomic E-state index is 15.2. The quantitative estimate of drug-likeness (QED) is 0.264. The minimum atomic E-state index is -1.04. The van der Waals surface area contributed by atoms with Gasteiger partial charge >= 0.3 is 0 Å². The van der Waals surface area contributed by atoms with E-state index in [9.17, 15) is 8.78 Å². The van der Waals surface area contributed by atoms with Gasteiger partial charge in [-0.3, -0.25) is 0 Å². The lowest BCUT2D eigenvalue weighted by molar-refractivity contribution is 0.212. The molecule has 1 atom stereocenters. The molecule has 3 aromatic carbocycles. The number of allylic oxidation sites excluding steroid dienone is 3. The predicted octanol–water partition coefficient (Wildman–Crippen LogP) is 10.2. The highest BCUT2D eigenvalue weighted by atomic mass is 19.2. The van der Waals surface area contributed by atoms with Crippen molar-refractivity contribution in [1.82, 2.24) is 0 Å². The first kappa shape index (κ1) is 27.1. The third-order valence-corrected chi connectivity index (χ3v) is 8.52. The van der Waals surface area contributed by atoms with Crippen molar-refractivity contribution in [3.05, 3.63) is 109 Å². The summed E-state index contributed by atoms with van der Waals surface area (Å²) in [5.41, 5.74) is 3.96. The zero-order valence-corrected chi connectivity index (χ0v) is 22.3. The van der Waals surface area contributed by atoms with Crippen LogP contribution in [0.2, 0.25) is 0 Å². The second-order valence-corrected chi connectivity index (χ2v) is 10.8. The van der Waals surface area contributed by atoms with Crippen LogP contribution in [0.4, 0.5) is 13.2 Å². The summed E-state index contributed by atoms with van der Waals surface area (Å²) in [6.45, 7) is 7.56. The van der Waals surface area contributed by atoms with E-state index in [-0.39, 0.29) is 23.7 Å². The van der Waals surface area contributed by atoms with Crippen LogP contribution in [0, 0.1) is 35.2 Å². The Morgan fingerprint density at radius 1 is 0.744 bits per heavy atom. The van der Waals surface area contributed by atoms with Crippen LogP contribution in [0.5, 0.6) is 5.75 Å². The topological polar surface area (TPSA) is 9.23 Å². The summed E-state index contributed by atoms with van der Waals surface area (Å²) in [4.78, 5) is 0. The average molecular weight is 529 g/mol. The van der Waals surface area contributed by atoms with Crippen molar-refractivity contribution in [2.24, 2.45) is 17.8 Å². The Balaban J connectivity index is 1.27. The van der Waals surface area contributed by atoms with Crippen LogP contribution in [0.15, 0.2) is 86.0 Å². The molecule has 1 saturated carbocycles. The zero-order valence-electron chi connectivity index (χ0n) is 22.3. The molecule has 0 radical (unpaired) electrons. The van der Waals surface area contributed by atoms with Crippen LogP contribution < -0.4 is 4.74 Å². The molecular formula is C35H35F3O. The van der Waals surface area contributed by atoms with E-state index in [1.165, 1.54) is 55.9 Å². The fraction of sp³-hybridized carbons (Fsp3) is 0.314. The molecule has 202 valence electrons. The molecular weight excluding hydrogens is 493 g/mol. The number of ether oxygens (including phenoxy) is 1. The summed E-state index contributed by atoms with van der Waals surface area (Å²) in [5.74, 6) is -0.241. The third-order valence-electron chi connectivity index (χ3n) is 8.52. The summed E-state index contributed by atoms with van der Waals surface area (Å²) in [7, 11) is 0. The summed E-state index contributed by atoms with van der Waals surface area (Å²) in [5, 5.41) is 0. The number of hydrogen-bond donors (Lipinski definition) is 0. The molecule has 0 aliphatic heterocycles. The Morgan fingerprint density at radius 2 is 1.41 bits per heavy atom. The first-order valence-electron chi connectivity index (χ1n) is 13.9. The van der Waals surface area contributed by atoms with Gasteiger partial charge in [0.2, 0.25) is 5.82 Å². The van der Waals surface area contributed by atoms with Gasteiger partial charge in [0.25, 0.3) is 0 Å². The van der Waals surface area contributed by atoms with Crippen molar-refractivity contribution in [1.29, 1.82) is 0 Å². The van der Waals surface area contributed by atoms with E-state index in [2.05, 4.69) is 25.3 Å². The van der Waals surface area contributed by atoms with Crippen LogP contribution in [0.25, 0.3) is 27.8 Å². The molecule has 0 amide bonds. The fourth-order valence-corrected chi connectivity index (χ4v) is 6.19. The molecule has 2 aliphatic rings. The summed E-state index contributed by atoms with van der Waals surface area (Å²) >= 11 is 0. The molecule has 0 heterocycles. The SMILES string of the molecule is C=CCOc1ccc(-c2ccc(-c3ccc(C4=CCC(C5CCC(C=C)CC5)CC4)cc3F)cc2)c(F)c1F. The molecule has 5 rings (SSSR count). The van der Waals surface area contributed by atoms with Crippen LogP contribution in [0.3, 0.4) is 0 Å². The van der Waals surface area contributed by atoms with Gasteiger partial charge in [0.1, 0.15) is 12.4 Å². The Hall–Kier alpha value is -3.53. The van der Waals surface area contributed by atoms with E-state index in [0.717, 1.165) is 30.2 Å². The highest BCUT2D eigenvalue weighted by Gasteiger charge is 2.28. The molecule has 2 aliphatic carbocycles. The first-order valence-corrected chi connectivity index (χ1v) is 13.9. The van der Waals surface area contributed by atoms with Crippen LogP contribution in [0.1, 0.15) is 50.5 Å². The second-order valence-electron chi connectivity index (χ2n) is 10.8. The molecule has 3 aromatic rings. The molecule has 4 heteroatoms. The van der Waals surface area contributed by atoms with Crippen molar-refractivity contribution in [3.63, 3.8) is 0 Å². The van der Waals surface area contributed by atoms with Crippen LogP contribution in [-0.2, 0) is 0 Å². The monoisotopic (exact) mass is 528 g/mol. The van der Waals surface area contributed by atoms with E-state index in [0.29, 0.717) is 22.6 Å². The Morgan fingerprint density at radius 3 is 2.03 bits per heavy atom. The van der Waals surface area contributed by atoms with Crippen LogP contribution in [-0.4, -0.2) is 6.61 Å². The van der Waals surface area contributed by atoms with Crippen molar-refractivity contribution < 1.29 is 17.9 Å². The number of benzene rings is 3. The normalized spacial score (nSPS) is 21.2. The highest BCUT2D eigenvalue weighted by molar-refractivity contribution is 5.74. The number of rotatable bonds is 8. The Kier molecular flexibility index (Phi) is 8.40. The van der Waals surface area contributed by atoms with Gasteiger partial charge in [-0.15, -0.1) is 6.58 Å². The van der Waals surface area contributed by atoms with Crippen molar-refractivity contribution in [3.8, 4) is 28.0 Å².